The van der Waals surface area contributed by atoms with E-state index >= 15 is 0 Å². The molecule has 0 aliphatic carbocycles. The molecule has 0 aliphatic heterocycles. The summed E-state index contributed by atoms with van der Waals surface area (Å²) < 4.78 is 12.3. The number of nitrogens with one attached hydrogen (secondary N) is 1. The average molecular weight is 332 g/mol. The van der Waals surface area contributed by atoms with Gasteiger partial charge >= 0.3 is 0 Å². The summed E-state index contributed by atoms with van der Waals surface area (Å²) >= 11 is 0. The SMILES string of the molecule is COCCCNC(=O)CCCn1cc(COc2ccccc2)nn1. The van der Waals surface area contributed by atoms with Crippen LogP contribution in [0.5, 0.6) is 5.75 Å². The number of rotatable bonds is 11. The summed E-state index contributed by atoms with van der Waals surface area (Å²) in [4.78, 5) is 11.6. The average Bonchev–Trinajstić information content (AvgIpc) is 3.06. The van der Waals surface area contributed by atoms with Gasteiger partial charge in [-0.3, -0.25) is 9.48 Å². The number of carbonyl (C=O) groups is 1. The van der Waals surface area contributed by atoms with Crippen LogP contribution in [-0.2, 0) is 22.7 Å². The van der Waals surface area contributed by atoms with Crippen molar-refractivity contribution in [3.63, 3.8) is 0 Å². The van der Waals surface area contributed by atoms with Gasteiger partial charge in [0.05, 0.1) is 6.20 Å². The van der Waals surface area contributed by atoms with Gasteiger partial charge in [0.1, 0.15) is 18.1 Å². The van der Waals surface area contributed by atoms with Crippen molar-refractivity contribution in [3.8, 4) is 5.75 Å². The molecular formula is C17H24N4O3. The Kier molecular flexibility index (Phi) is 7.76. The molecule has 1 amide bonds. The Morgan fingerprint density at radius 1 is 1.25 bits per heavy atom. The largest absolute Gasteiger partial charge is 0.487 e. The summed E-state index contributed by atoms with van der Waals surface area (Å²) in [6, 6.07) is 9.58. The van der Waals surface area contributed by atoms with Crippen molar-refractivity contribution in [2.24, 2.45) is 0 Å². The Hall–Kier alpha value is -2.41. The van der Waals surface area contributed by atoms with Crippen molar-refractivity contribution < 1.29 is 14.3 Å². The molecule has 0 atom stereocenters. The van der Waals surface area contributed by atoms with E-state index in [0.29, 0.717) is 32.7 Å². The fourth-order valence-corrected chi connectivity index (χ4v) is 2.12. The maximum atomic E-state index is 11.6. The molecule has 0 aliphatic rings. The van der Waals surface area contributed by atoms with Crippen molar-refractivity contribution in [2.45, 2.75) is 32.4 Å². The lowest BCUT2D eigenvalue weighted by Crippen LogP contribution is -2.25. The van der Waals surface area contributed by atoms with E-state index in [1.807, 2.05) is 36.5 Å². The van der Waals surface area contributed by atoms with Crippen molar-refractivity contribution in [2.75, 3.05) is 20.3 Å². The number of para-hydroxylation sites is 1. The summed E-state index contributed by atoms with van der Waals surface area (Å²) in [5, 5.41) is 11.0. The minimum absolute atomic E-state index is 0.0545. The zero-order valence-corrected chi connectivity index (χ0v) is 14.0. The molecule has 0 spiro atoms. The second-order valence-corrected chi connectivity index (χ2v) is 5.37. The van der Waals surface area contributed by atoms with Gasteiger partial charge in [0.2, 0.25) is 5.91 Å². The first-order valence-electron chi connectivity index (χ1n) is 8.10. The topological polar surface area (TPSA) is 78.3 Å². The van der Waals surface area contributed by atoms with E-state index in [1.54, 1.807) is 11.8 Å². The molecule has 0 fully saturated rings. The van der Waals surface area contributed by atoms with Crippen LogP contribution in [0.15, 0.2) is 36.5 Å². The van der Waals surface area contributed by atoms with Gasteiger partial charge in [-0.05, 0) is 25.0 Å². The number of methoxy groups -OCH3 is 1. The Balaban J connectivity index is 1.62. The number of hydrogen-bond donors (Lipinski definition) is 1. The fraction of sp³-hybridized carbons (Fsp3) is 0.471. The summed E-state index contributed by atoms with van der Waals surface area (Å²) in [5.41, 5.74) is 0.767. The number of hydrogen-bond acceptors (Lipinski definition) is 5. The third-order valence-electron chi connectivity index (χ3n) is 3.35. The predicted molar refractivity (Wildman–Crippen MR) is 89.5 cm³/mol. The van der Waals surface area contributed by atoms with E-state index in [9.17, 15) is 4.79 Å². The number of nitrogens with zero attached hydrogens (tertiary/aromatic N) is 3. The molecule has 7 heteroatoms. The zero-order valence-electron chi connectivity index (χ0n) is 14.0. The molecule has 0 saturated heterocycles. The summed E-state index contributed by atoms with van der Waals surface area (Å²) in [6.07, 6.45) is 3.87. The molecule has 7 nitrogen and oxygen atoms in total. The first-order valence-corrected chi connectivity index (χ1v) is 8.10. The third kappa shape index (κ3) is 6.78. The van der Waals surface area contributed by atoms with Crippen LogP contribution in [-0.4, -0.2) is 41.2 Å². The molecule has 1 N–H and O–H groups in total. The standard InChI is InChI=1S/C17H24N4O3/c1-23-12-6-10-18-17(22)9-5-11-21-13-15(19-20-21)14-24-16-7-3-2-4-8-16/h2-4,7-8,13H,5-6,9-12,14H2,1H3,(H,18,22). The van der Waals surface area contributed by atoms with Gasteiger partial charge in [0, 0.05) is 33.2 Å². The minimum Gasteiger partial charge on any atom is -0.487 e. The maximum Gasteiger partial charge on any atom is 0.220 e. The summed E-state index contributed by atoms with van der Waals surface area (Å²) in [7, 11) is 1.65. The molecule has 2 aromatic rings. The Labute approximate surface area is 142 Å². The first kappa shape index (κ1) is 17.9. The molecule has 24 heavy (non-hydrogen) atoms. The summed E-state index contributed by atoms with van der Waals surface area (Å²) in [6.45, 7) is 2.35. The molecular weight excluding hydrogens is 308 g/mol. The van der Waals surface area contributed by atoms with Crippen molar-refractivity contribution in [3.05, 3.63) is 42.2 Å². The molecule has 0 radical (unpaired) electrons. The smallest absolute Gasteiger partial charge is 0.220 e. The van der Waals surface area contributed by atoms with E-state index in [-0.39, 0.29) is 5.91 Å². The van der Waals surface area contributed by atoms with Gasteiger partial charge in [-0.15, -0.1) is 5.10 Å². The number of ether oxygens (including phenoxy) is 2. The zero-order chi connectivity index (χ0) is 17.0. The maximum absolute atomic E-state index is 11.6. The molecule has 1 aromatic heterocycles. The van der Waals surface area contributed by atoms with E-state index in [1.165, 1.54) is 0 Å². The van der Waals surface area contributed by atoms with Crippen LogP contribution < -0.4 is 10.1 Å². The normalized spacial score (nSPS) is 10.5. The van der Waals surface area contributed by atoms with E-state index in [0.717, 1.165) is 24.3 Å². The first-order chi connectivity index (χ1) is 11.8. The van der Waals surface area contributed by atoms with Gasteiger partial charge in [0.15, 0.2) is 0 Å². The summed E-state index contributed by atoms with van der Waals surface area (Å²) in [5.74, 6) is 0.857. The van der Waals surface area contributed by atoms with Crippen LogP contribution in [0.1, 0.15) is 25.0 Å². The molecule has 2 rings (SSSR count). The van der Waals surface area contributed by atoms with Gasteiger partial charge in [-0.2, -0.15) is 0 Å². The van der Waals surface area contributed by atoms with Crippen molar-refractivity contribution >= 4 is 5.91 Å². The highest BCUT2D eigenvalue weighted by atomic mass is 16.5. The predicted octanol–water partition coefficient (Wildman–Crippen LogP) is 1.79. The monoisotopic (exact) mass is 332 g/mol. The number of aromatic nitrogens is 3. The van der Waals surface area contributed by atoms with Gasteiger partial charge in [-0.1, -0.05) is 23.4 Å². The lowest BCUT2D eigenvalue weighted by molar-refractivity contribution is -0.121. The van der Waals surface area contributed by atoms with Crippen LogP contribution in [0.25, 0.3) is 0 Å². The Morgan fingerprint density at radius 3 is 2.88 bits per heavy atom. The fourth-order valence-electron chi connectivity index (χ4n) is 2.12. The quantitative estimate of drug-likeness (QED) is 0.635. The number of carbonyl (C=O) groups excluding carboxylic acids is 1. The second-order valence-electron chi connectivity index (χ2n) is 5.37. The van der Waals surface area contributed by atoms with Crippen LogP contribution in [0.4, 0.5) is 0 Å². The molecule has 1 heterocycles. The van der Waals surface area contributed by atoms with Crippen molar-refractivity contribution in [1.82, 2.24) is 20.3 Å². The highest BCUT2D eigenvalue weighted by Gasteiger charge is 2.04. The highest BCUT2D eigenvalue weighted by Crippen LogP contribution is 2.10. The van der Waals surface area contributed by atoms with Crippen LogP contribution in [0, 0.1) is 0 Å². The minimum atomic E-state index is 0.0545. The molecule has 1 aromatic carbocycles. The Bertz CT molecular complexity index is 601. The second kappa shape index (κ2) is 10.4. The molecule has 0 bridgehead atoms. The molecule has 130 valence electrons. The lowest BCUT2D eigenvalue weighted by atomic mass is 10.3. The number of amides is 1. The van der Waals surface area contributed by atoms with Gasteiger partial charge in [-0.25, -0.2) is 0 Å². The van der Waals surface area contributed by atoms with Crippen LogP contribution in [0.2, 0.25) is 0 Å². The molecule has 0 unspecified atom stereocenters. The van der Waals surface area contributed by atoms with Crippen LogP contribution in [0.3, 0.4) is 0 Å². The van der Waals surface area contributed by atoms with Crippen LogP contribution >= 0.6 is 0 Å². The van der Waals surface area contributed by atoms with E-state index < -0.39 is 0 Å². The molecule has 0 saturated carbocycles. The number of benzene rings is 1. The van der Waals surface area contributed by atoms with E-state index in [4.69, 9.17) is 9.47 Å². The van der Waals surface area contributed by atoms with Crippen molar-refractivity contribution in [1.29, 1.82) is 0 Å². The van der Waals surface area contributed by atoms with Gasteiger partial charge < -0.3 is 14.8 Å². The third-order valence-corrected chi connectivity index (χ3v) is 3.35. The Morgan fingerprint density at radius 2 is 2.08 bits per heavy atom. The highest BCUT2D eigenvalue weighted by molar-refractivity contribution is 5.75. The van der Waals surface area contributed by atoms with Gasteiger partial charge in [0.25, 0.3) is 0 Å². The lowest BCUT2D eigenvalue weighted by Gasteiger charge is -2.04. The number of aryl methyl sites for hydroxylation is 1. The van der Waals surface area contributed by atoms with E-state index in [2.05, 4.69) is 15.6 Å².